The number of hydrogen-bond donors (Lipinski definition) is 2. The first-order valence-electron chi connectivity index (χ1n) is 11.6. The summed E-state index contributed by atoms with van der Waals surface area (Å²) in [7, 11) is -1.78. The highest BCUT2D eigenvalue weighted by Crippen LogP contribution is 2.25. The first-order valence-corrected chi connectivity index (χ1v) is 14.1. The van der Waals surface area contributed by atoms with Crippen LogP contribution in [-0.4, -0.2) is 52.5 Å². The van der Waals surface area contributed by atoms with E-state index in [4.69, 9.17) is 9.90 Å². The van der Waals surface area contributed by atoms with Gasteiger partial charge in [0.25, 0.3) is 0 Å². The van der Waals surface area contributed by atoms with Crippen LogP contribution in [0.3, 0.4) is 0 Å². The lowest BCUT2D eigenvalue weighted by Crippen LogP contribution is -2.38. The van der Waals surface area contributed by atoms with Crippen LogP contribution in [0.15, 0.2) is 40.7 Å². The number of carboxylic acid groups (broad SMARTS) is 1. The van der Waals surface area contributed by atoms with Crippen LogP contribution in [-0.2, 0) is 33.5 Å². The van der Waals surface area contributed by atoms with Crippen molar-refractivity contribution in [3.63, 3.8) is 0 Å². The molecule has 2 heterocycles. The summed E-state index contributed by atoms with van der Waals surface area (Å²) in [5, 5.41) is 11.9. The van der Waals surface area contributed by atoms with E-state index in [0.717, 1.165) is 12.1 Å². The maximum Gasteiger partial charge on any atom is 0.490 e. The van der Waals surface area contributed by atoms with E-state index < -0.39 is 33.6 Å². The van der Waals surface area contributed by atoms with Gasteiger partial charge >= 0.3 is 12.1 Å². The molecule has 220 valence electrons. The van der Waals surface area contributed by atoms with Crippen molar-refractivity contribution in [3.05, 3.63) is 69.9 Å². The molecule has 3 aromatic rings. The number of halogens is 5. The molecule has 3 rings (SSSR count). The minimum absolute atomic E-state index is 0.0321. The topological polar surface area (TPSA) is 112 Å². The molecule has 40 heavy (non-hydrogen) atoms. The number of sulfone groups is 1. The van der Waals surface area contributed by atoms with Crippen LogP contribution in [0.2, 0.25) is 0 Å². The Morgan fingerprint density at radius 2 is 1.62 bits per heavy atom. The van der Waals surface area contributed by atoms with Gasteiger partial charge in [-0.2, -0.15) is 17.5 Å². The number of aryl methyl sites for hydroxylation is 1. The molecule has 0 spiro atoms. The second-order valence-corrected chi connectivity index (χ2v) is 12.3. The van der Waals surface area contributed by atoms with Crippen LogP contribution in [0.1, 0.15) is 43.3 Å². The summed E-state index contributed by atoms with van der Waals surface area (Å²) in [6.07, 6.45) is -5.08. The molecule has 0 aliphatic carbocycles. The summed E-state index contributed by atoms with van der Waals surface area (Å²) in [6.45, 7) is 7.95. The third kappa shape index (κ3) is 9.20. The van der Waals surface area contributed by atoms with Crippen molar-refractivity contribution in [3.8, 4) is 0 Å². The lowest BCUT2D eigenvalue weighted by atomic mass is 10.0. The van der Waals surface area contributed by atoms with Crippen LogP contribution in [0.4, 0.5) is 27.6 Å². The van der Waals surface area contributed by atoms with E-state index in [1.165, 1.54) is 17.6 Å². The third-order valence-corrected chi connectivity index (χ3v) is 7.90. The zero-order chi connectivity index (χ0) is 30.5. The van der Waals surface area contributed by atoms with Gasteiger partial charge in [0.1, 0.15) is 11.6 Å². The van der Waals surface area contributed by atoms with E-state index in [9.17, 15) is 30.4 Å². The van der Waals surface area contributed by atoms with E-state index in [1.54, 1.807) is 24.4 Å². The van der Waals surface area contributed by atoms with Crippen LogP contribution in [0, 0.1) is 18.6 Å². The molecule has 0 bridgehead atoms. The normalized spacial score (nSPS) is 12.2. The fourth-order valence-corrected chi connectivity index (χ4v) is 5.01. The predicted molar refractivity (Wildman–Crippen MR) is 141 cm³/mol. The molecule has 0 unspecified atom stereocenters. The number of aromatic nitrogens is 2. The van der Waals surface area contributed by atoms with Crippen LogP contribution in [0.25, 0.3) is 0 Å². The molecule has 0 amide bonds. The van der Waals surface area contributed by atoms with Gasteiger partial charge in [0.05, 0.1) is 22.8 Å². The molecule has 0 saturated heterocycles. The van der Waals surface area contributed by atoms with E-state index >= 15 is 0 Å². The second kappa shape index (κ2) is 13.0. The van der Waals surface area contributed by atoms with Gasteiger partial charge in [-0.1, -0.05) is 0 Å². The van der Waals surface area contributed by atoms with Crippen LogP contribution in [0.5, 0.6) is 0 Å². The molecular weight excluding hydrogens is 579 g/mol. The average Bonchev–Trinajstić information content (AvgIpc) is 3.33. The predicted octanol–water partition coefficient (Wildman–Crippen LogP) is 5.57. The number of pyridine rings is 1. The van der Waals surface area contributed by atoms with Gasteiger partial charge in [0.2, 0.25) is 9.84 Å². The molecule has 15 heteroatoms. The second-order valence-electron chi connectivity index (χ2n) is 9.70. The zero-order valence-electron chi connectivity index (χ0n) is 22.3. The Hall–Kier alpha value is -3.17. The molecule has 1 aromatic carbocycles. The lowest BCUT2D eigenvalue weighted by molar-refractivity contribution is -0.192. The van der Waals surface area contributed by atoms with E-state index in [1.807, 2.05) is 32.7 Å². The number of alkyl halides is 3. The van der Waals surface area contributed by atoms with E-state index in [2.05, 4.69) is 14.7 Å². The Morgan fingerprint density at radius 3 is 2.10 bits per heavy atom. The molecule has 2 N–H and O–H groups in total. The number of benzene rings is 1. The van der Waals surface area contributed by atoms with Crippen LogP contribution < -0.4 is 5.32 Å². The van der Waals surface area contributed by atoms with Crippen molar-refractivity contribution in [2.24, 2.45) is 0 Å². The molecule has 0 saturated carbocycles. The highest BCUT2D eigenvalue weighted by Gasteiger charge is 2.38. The highest BCUT2D eigenvalue weighted by atomic mass is 32.2. The Bertz CT molecular complexity index is 1420. The molecule has 8 nitrogen and oxygen atoms in total. The monoisotopic (exact) mass is 608 g/mol. The number of nitrogens with zero attached hydrogens (tertiary/aromatic N) is 3. The third-order valence-electron chi connectivity index (χ3n) is 5.76. The number of carboxylic acids is 1. The van der Waals surface area contributed by atoms with Crippen molar-refractivity contribution in [1.82, 2.24) is 14.3 Å². The maximum atomic E-state index is 14.7. The first-order chi connectivity index (χ1) is 18.3. The Balaban J connectivity index is 0.000000708. The summed E-state index contributed by atoms with van der Waals surface area (Å²) < 4.78 is 90.3. The Labute approximate surface area is 233 Å². The highest BCUT2D eigenvalue weighted by molar-refractivity contribution is 7.90. The van der Waals surface area contributed by atoms with Crippen molar-refractivity contribution < 1.29 is 40.3 Å². The maximum absolute atomic E-state index is 14.7. The van der Waals surface area contributed by atoms with E-state index in [0.29, 0.717) is 17.1 Å². The summed E-state index contributed by atoms with van der Waals surface area (Å²) in [4.78, 5) is 15.1. The van der Waals surface area contributed by atoms with Crippen molar-refractivity contribution in [1.29, 1.82) is 0 Å². The Kier molecular flexibility index (Phi) is 10.7. The van der Waals surface area contributed by atoms with Crippen molar-refractivity contribution >= 4 is 33.0 Å². The van der Waals surface area contributed by atoms with Gasteiger partial charge < -0.3 is 10.4 Å². The fraction of sp³-hybridized carbons (Fsp3) is 0.400. The van der Waals surface area contributed by atoms with Gasteiger partial charge in [-0.25, -0.2) is 27.0 Å². The number of aliphatic carboxylic acids is 1. The smallest absolute Gasteiger partial charge is 0.475 e. The van der Waals surface area contributed by atoms with E-state index in [-0.39, 0.29) is 40.5 Å². The van der Waals surface area contributed by atoms with Gasteiger partial charge in [0.15, 0.2) is 5.03 Å². The van der Waals surface area contributed by atoms with Crippen molar-refractivity contribution in [2.45, 2.75) is 63.3 Å². The molecule has 0 aliphatic rings. The molecule has 0 fully saturated rings. The Morgan fingerprint density at radius 1 is 1.05 bits per heavy atom. The van der Waals surface area contributed by atoms with Gasteiger partial charge in [-0.3, -0.25) is 4.90 Å². The summed E-state index contributed by atoms with van der Waals surface area (Å²) >= 11 is 1.19. The summed E-state index contributed by atoms with van der Waals surface area (Å²) in [5.74, 6) is -3.96. The summed E-state index contributed by atoms with van der Waals surface area (Å²) in [6, 6.07) is 6.92. The SMILES string of the molecule is Cc1nc(S(=O)(=O)Cc2ccsn2)ccc1NCc1c(F)ccc(F)c1CN(C)C(C)(C)C.O=C(O)C(F)(F)F. The molecule has 0 aliphatic heterocycles. The standard InChI is InChI=1S/C23H28F2N4O2S2.C2HF3O2/c1-15-21(8-9-22(27-15)33(30,31)14-16-10-11-32-28-16)26-12-17-18(13-29(5)23(2,3)4)20(25)7-6-19(17)24;3-2(4,5)1(6)7/h6-11,26H,12-14H2,1-5H3;(H,6,7). The largest absolute Gasteiger partial charge is 0.490 e. The number of hydrogen-bond acceptors (Lipinski definition) is 8. The number of anilines is 1. The van der Waals surface area contributed by atoms with Crippen LogP contribution >= 0.6 is 11.5 Å². The van der Waals surface area contributed by atoms with Crippen molar-refractivity contribution in [2.75, 3.05) is 12.4 Å². The summed E-state index contributed by atoms with van der Waals surface area (Å²) in [5.41, 5.74) is 1.75. The minimum Gasteiger partial charge on any atom is -0.475 e. The number of rotatable bonds is 8. The number of carbonyl (C=O) groups is 1. The molecule has 0 radical (unpaired) electrons. The molecule has 2 aromatic heterocycles. The minimum atomic E-state index is -5.08. The molecule has 0 atom stereocenters. The first kappa shape index (κ1) is 33.0. The quantitative estimate of drug-likeness (QED) is 0.319. The lowest BCUT2D eigenvalue weighted by Gasteiger charge is -2.32. The fourth-order valence-electron chi connectivity index (χ4n) is 3.13. The van der Waals surface area contributed by atoms with Gasteiger partial charge in [-0.05, 0) is 76.6 Å². The van der Waals surface area contributed by atoms with Gasteiger partial charge in [-0.15, -0.1) is 0 Å². The average molecular weight is 609 g/mol. The zero-order valence-corrected chi connectivity index (χ0v) is 23.9. The number of nitrogens with one attached hydrogen (secondary N) is 1. The van der Waals surface area contributed by atoms with Gasteiger partial charge in [0, 0.05) is 35.1 Å². The molecular formula is C25H29F5N4O4S2.